The molecule has 0 aromatic rings. The van der Waals surface area contributed by atoms with Gasteiger partial charge in [0.25, 0.3) is 0 Å². The molecule has 4 bridgehead atoms. The lowest BCUT2D eigenvalue weighted by Gasteiger charge is -2.67. The van der Waals surface area contributed by atoms with Crippen LogP contribution in [0.2, 0.25) is 0 Å². The van der Waals surface area contributed by atoms with Crippen molar-refractivity contribution in [3.8, 4) is 0 Å². The first-order valence-corrected chi connectivity index (χ1v) is 32.3. The molecule has 4 unspecified atom stereocenters. The van der Waals surface area contributed by atoms with Crippen molar-refractivity contribution < 1.29 is 28.4 Å². The summed E-state index contributed by atoms with van der Waals surface area (Å²) < 4.78 is 31.9. The van der Waals surface area contributed by atoms with Gasteiger partial charge >= 0.3 is 0 Å². The van der Waals surface area contributed by atoms with E-state index in [4.69, 9.17) is 28.4 Å². The molecule has 6 rings (SSSR count). The normalized spacial score (nSPS) is 36.3. The molecule has 0 spiro atoms. The Bertz CT molecular complexity index is 1960. The summed E-state index contributed by atoms with van der Waals surface area (Å²) in [6.45, 7) is 88.1. The maximum atomic E-state index is 5.56. The smallest absolute Gasteiger partial charge is 0.0516 e. The first kappa shape index (κ1) is 88.7. The summed E-state index contributed by atoms with van der Waals surface area (Å²) in [5.41, 5.74) is 9.71. The average molecular weight is 1210 g/mol. The monoisotopic (exact) mass is 1210 g/mol. The van der Waals surface area contributed by atoms with Gasteiger partial charge in [-0.05, 0) is 167 Å². The van der Waals surface area contributed by atoms with Crippen molar-refractivity contribution >= 4 is 0 Å². The number of hydrogen-bond donors (Lipinski definition) is 0. The zero-order valence-corrected chi connectivity index (χ0v) is 62.6. The molecule has 6 aliphatic rings. The molecular formula is C79H162O6. The molecule has 0 aliphatic heterocycles. The van der Waals surface area contributed by atoms with Crippen LogP contribution in [0, 0.1) is 108 Å². The summed E-state index contributed by atoms with van der Waals surface area (Å²) >= 11 is 0. The lowest BCUT2D eigenvalue weighted by Crippen LogP contribution is -2.61. The maximum Gasteiger partial charge on any atom is 0.0516 e. The van der Waals surface area contributed by atoms with Gasteiger partial charge in [-0.3, -0.25) is 0 Å². The SMILES string of the molecule is C.C.C.C.CC1(C)C(C)(C)C2(C)C(C)(C)C(C)(C)C1(C)C2(C)C.CC1=C(C)C2(C)C(C)(C)C(C)(C)C1(C)C2(C)C.COCC(C)(C)CC(C)(C)COC.COCC1(C)CC(C)(C)CC(C)(C)CC(C)(COC)C1.COCC1(C)CC(C)(COC)C1. The Hall–Kier alpha value is -0.500. The molecule has 85 heavy (non-hydrogen) atoms. The second kappa shape index (κ2) is 27.2. The van der Waals surface area contributed by atoms with Gasteiger partial charge in [-0.1, -0.05) is 262 Å². The summed E-state index contributed by atoms with van der Waals surface area (Å²) in [5, 5.41) is 0. The van der Waals surface area contributed by atoms with E-state index in [9.17, 15) is 0 Å². The molecule has 0 heterocycles. The molecule has 6 nitrogen and oxygen atoms in total. The van der Waals surface area contributed by atoms with E-state index >= 15 is 0 Å². The van der Waals surface area contributed by atoms with Gasteiger partial charge < -0.3 is 28.4 Å². The van der Waals surface area contributed by atoms with E-state index in [0.29, 0.717) is 86.6 Å². The van der Waals surface area contributed by atoms with Crippen LogP contribution < -0.4 is 0 Å². The highest BCUT2D eigenvalue weighted by Crippen LogP contribution is 2.94. The molecule has 6 heteroatoms. The Morgan fingerprint density at radius 1 is 0.282 bits per heavy atom. The molecule has 0 aromatic heterocycles. The maximum absolute atomic E-state index is 5.56. The second-order valence-corrected chi connectivity index (χ2v) is 38.5. The topological polar surface area (TPSA) is 55.4 Å². The Balaban J connectivity index is -0.000000989. The number of methoxy groups -OCH3 is 6. The fraction of sp³-hybridized carbons (Fsp3) is 0.975. The van der Waals surface area contributed by atoms with Crippen LogP contribution in [0.25, 0.3) is 0 Å². The van der Waals surface area contributed by atoms with Crippen molar-refractivity contribution in [3.63, 3.8) is 0 Å². The molecule has 4 atom stereocenters. The quantitative estimate of drug-likeness (QED) is 0.162. The van der Waals surface area contributed by atoms with Gasteiger partial charge in [0.1, 0.15) is 0 Å². The number of ether oxygens (including phenoxy) is 6. The molecule has 0 radical (unpaired) electrons. The Kier molecular flexibility index (Phi) is 28.4. The van der Waals surface area contributed by atoms with Crippen molar-refractivity contribution in [1.29, 1.82) is 0 Å². The van der Waals surface area contributed by atoms with Crippen LogP contribution >= 0.6 is 0 Å². The predicted octanol–water partition coefficient (Wildman–Crippen LogP) is 23.9. The van der Waals surface area contributed by atoms with Crippen LogP contribution in [-0.4, -0.2) is 82.3 Å². The lowest BCUT2D eigenvalue weighted by atomic mass is 9.37. The summed E-state index contributed by atoms with van der Waals surface area (Å²) in [6, 6.07) is 0. The third kappa shape index (κ3) is 14.1. The summed E-state index contributed by atoms with van der Waals surface area (Å²) in [4.78, 5) is 0. The van der Waals surface area contributed by atoms with E-state index in [1.807, 2.05) is 14.2 Å². The Morgan fingerprint density at radius 2 is 0.494 bits per heavy atom. The third-order valence-electron chi connectivity index (χ3n) is 28.6. The van der Waals surface area contributed by atoms with Crippen LogP contribution in [0.15, 0.2) is 11.1 Å². The summed E-state index contributed by atoms with van der Waals surface area (Å²) in [7, 11) is 10.7. The minimum Gasteiger partial charge on any atom is -0.384 e. The molecule has 5 fully saturated rings. The highest BCUT2D eigenvalue weighted by atomic mass is 16.5. The molecule has 0 amide bonds. The third-order valence-corrected chi connectivity index (χ3v) is 28.6. The number of rotatable bonds is 14. The molecular weight excluding hydrogens is 1040 g/mol. The first-order chi connectivity index (χ1) is 35.6. The minimum atomic E-state index is 0. The Morgan fingerprint density at radius 3 is 0.671 bits per heavy atom. The number of allylic oxidation sites excluding steroid dienone is 2. The zero-order valence-electron chi connectivity index (χ0n) is 62.6. The van der Waals surface area contributed by atoms with E-state index < -0.39 is 0 Å². The molecule has 0 aromatic carbocycles. The highest BCUT2D eigenvalue weighted by Gasteiger charge is 2.89. The van der Waals surface area contributed by atoms with Crippen LogP contribution in [0.5, 0.6) is 0 Å². The van der Waals surface area contributed by atoms with E-state index in [1.54, 1.807) is 39.6 Å². The van der Waals surface area contributed by atoms with E-state index in [1.165, 1.54) is 38.5 Å². The van der Waals surface area contributed by atoms with Crippen LogP contribution in [0.1, 0.15) is 310 Å². The van der Waals surface area contributed by atoms with Gasteiger partial charge in [-0.25, -0.2) is 0 Å². The first-order valence-electron chi connectivity index (χ1n) is 32.3. The van der Waals surface area contributed by atoms with Crippen molar-refractivity contribution in [2.75, 3.05) is 82.3 Å². The van der Waals surface area contributed by atoms with E-state index in [-0.39, 0.29) is 51.4 Å². The zero-order chi connectivity index (χ0) is 64.6. The van der Waals surface area contributed by atoms with Crippen molar-refractivity contribution in [2.24, 2.45) is 108 Å². The van der Waals surface area contributed by atoms with Crippen molar-refractivity contribution in [2.45, 2.75) is 310 Å². The van der Waals surface area contributed by atoms with Crippen molar-refractivity contribution in [1.82, 2.24) is 0 Å². The van der Waals surface area contributed by atoms with Gasteiger partial charge in [0.2, 0.25) is 0 Å². The van der Waals surface area contributed by atoms with Gasteiger partial charge in [-0.15, -0.1) is 0 Å². The number of fused-ring (bicyclic) bond motifs is 4. The Labute approximate surface area is 537 Å². The van der Waals surface area contributed by atoms with Crippen LogP contribution in [0.4, 0.5) is 0 Å². The van der Waals surface area contributed by atoms with Gasteiger partial charge in [0, 0.05) is 42.7 Å². The second-order valence-electron chi connectivity index (χ2n) is 38.5. The van der Waals surface area contributed by atoms with Gasteiger partial charge in [0.15, 0.2) is 0 Å². The minimum absolute atomic E-state index is 0. The standard InChI is InChI=1S/C19H36.C18H36O2.C17H30.C11H24O2.C10H20O2.4CH4/c1-13(2)14(3,4)19(12)16(7,8)15(5,6)18(13,11)17(19,9)10;1-15(2)9-16(3,4)11-18(6,14-20-8)12-17(5,10-15)13-19-7;1-11-12(2)17(10)14(5,6)13(3,4)16(11,9)15(17,7)8;1-10(2,8-12-5)7-11(3,4)9-13-6;1-9(7-11-3)5-10(2,6-9)8-12-4;;;;/h1-12H3;9-14H2,1-8H3;1-10H3;7-9H2,1-6H3;5-8H2,1-4H3;4*1H4. The van der Waals surface area contributed by atoms with Gasteiger partial charge in [0.05, 0.1) is 39.6 Å². The average Bonchev–Trinajstić information content (AvgIpc) is 3.45. The number of hydrogen-bond acceptors (Lipinski definition) is 6. The van der Waals surface area contributed by atoms with Gasteiger partial charge in [-0.2, -0.15) is 0 Å². The van der Waals surface area contributed by atoms with Crippen molar-refractivity contribution in [3.05, 3.63) is 11.1 Å². The predicted molar refractivity (Wildman–Crippen MR) is 379 cm³/mol. The van der Waals surface area contributed by atoms with E-state index in [0.717, 1.165) is 46.1 Å². The lowest BCUT2D eigenvalue weighted by molar-refractivity contribution is -0.193. The fourth-order valence-corrected chi connectivity index (χ4v) is 24.5. The largest absolute Gasteiger partial charge is 0.384 e. The molecule has 514 valence electrons. The molecule has 0 saturated heterocycles. The summed E-state index contributed by atoms with van der Waals surface area (Å²) in [5.74, 6) is 0. The highest BCUT2D eigenvalue weighted by molar-refractivity contribution is 5.47. The molecule has 6 aliphatic carbocycles. The summed E-state index contributed by atoms with van der Waals surface area (Å²) in [6.07, 6.45) is 8.44. The van der Waals surface area contributed by atoms with E-state index in [2.05, 4.69) is 235 Å². The molecule has 0 N–H and O–H groups in total. The van der Waals surface area contributed by atoms with Crippen LogP contribution in [-0.2, 0) is 28.4 Å². The fourth-order valence-electron chi connectivity index (χ4n) is 24.5. The van der Waals surface area contributed by atoms with Crippen LogP contribution in [0.3, 0.4) is 0 Å². The molecule has 5 saturated carbocycles.